The summed E-state index contributed by atoms with van der Waals surface area (Å²) in [4.78, 5) is 11.1. The summed E-state index contributed by atoms with van der Waals surface area (Å²) >= 11 is 0. The summed E-state index contributed by atoms with van der Waals surface area (Å²) in [6.45, 7) is 3.62. The Labute approximate surface area is 65.0 Å². The molecule has 0 radical (unpaired) electrons. The molecule has 0 spiro atoms. The maximum Gasteiger partial charge on any atom is 0.187 e. The van der Waals surface area contributed by atoms with Gasteiger partial charge in [-0.15, -0.1) is 0 Å². The van der Waals surface area contributed by atoms with E-state index in [1.165, 1.54) is 6.08 Å². The normalized spacial score (nSPS) is 39.6. The van der Waals surface area contributed by atoms with Crippen LogP contribution in [0.4, 0.5) is 0 Å². The first-order valence-electron chi connectivity index (χ1n) is 3.66. The lowest BCUT2D eigenvalue weighted by Gasteiger charge is -2.16. The zero-order valence-electron chi connectivity index (χ0n) is 6.53. The van der Waals surface area contributed by atoms with E-state index >= 15 is 0 Å². The van der Waals surface area contributed by atoms with E-state index in [4.69, 9.17) is 9.47 Å². The maximum atomic E-state index is 11.1. The Morgan fingerprint density at radius 1 is 1.45 bits per heavy atom. The molecule has 1 heterocycles. The van der Waals surface area contributed by atoms with Crippen LogP contribution in [0.2, 0.25) is 0 Å². The molecular formula is C8H10O3. The Morgan fingerprint density at radius 2 is 2.18 bits per heavy atom. The largest absolute Gasteiger partial charge is 0.340 e. The van der Waals surface area contributed by atoms with Crippen molar-refractivity contribution in [3.8, 4) is 0 Å². The van der Waals surface area contributed by atoms with Crippen LogP contribution in [0.3, 0.4) is 0 Å². The molecule has 60 valence electrons. The summed E-state index contributed by atoms with van der Waals surface area (Å²) in [6.07, 6.45) is 2.73. The molecule has 2 aliphatic rings. The maximum absolute atomic E-state index is 11.1. The highest BCUT2D eigenvalue weighted by atomic mass is 16.8. The van der Waals surface area contributed by atoms with Crippen molar-refractivity contribution in [1.82, 2.24) is 0 Å². The zero-order chi connectivity index (χ0) is 8.06. The summed E-state index contributed by atoms with van der Waals surface area (Å²) in [5.74, 6) is -0.587. The van der Waals surface area contributed by atoms with Gasteiger partial charge in [-0.25, -0.2) is 0 Å². The second-order valence-corrected chi connectivity index (χ2v) is 3.28. The third-order valence-electron chi connectivity index (χ3n) is 1.86. The molecule has 3 heteroatoms. The fourth-order valence-electron chi connectivity index (χ4n) is 1.43. The third-order valence-corrected chi connectivity index (χ3v) is 1.86. The first kappa shape index (κ1) is 7.00. The summed E-state index contributed by atoms with van der Waals surface area (Å²) in [5, 5.41) is 0. The molecule has 3 nitrogen and oxygen atoms in total. The lowest BCUT2D eigenvalue weighted by Crippen LogP contribution is -2.25. The van der Waals surface area contributed by atoms with Crippen LogP contribution in [0, 0.1) is 0 Å². The quantitative estimate of drug-likeness (QED) is 0.513. The van der Waals surface area contributed by atoms with E-state index in [1.807, 2.05) is 13.8 Å². The fraction of sp³-hybridized carbons (Fsp3) is 0.625. The Kier molecular flexibility index (Phi) is 1.23. The van der Waals surface area contributed by atoms with E-state index in [1.54, 1.807) is 6.08 Å². The lowest BCUT2D eigenvalue weighted by atomic mass is 10.2. The number of carbonyl (C=O) groups excluding carboxylic acids is 1. The molecule has 1 fully saturated rings. The molecule has 0 unspecified atom stereocenters. The highest BCUT2D eigenvalue weighted by Gasteiger charge is 2.45. The molecular weight excluding hydrogens is 144 g/mol. The molecule has 0 saturated carbocycles. The number of rotatable bonds is 0. The molecule has 0 amide bonds. The van der Waals surface area contributed by atoms with Gasteiger partial charge in [0.25, 0.3) is 0 Å². The minimum Gasteiger partial charge on any atom is -0.340 e. The van der Waals surface area contributed by atoms with E-state index in [2.05, 4.69) is 0 Å². The van der Waals surface area contributed by atoms with Gasteiger partial charge in [-0.05, 0) is 26.0 Å². The van der Waals surface area contributed by atoms with Gasteiger partial charge < -0.3 is 9.47 Å². The molecule has 1 aliphatic heterocycles. The predicted molar refractivity (Wildman–Crippen MR) is 38.0 cm³/mol. The van der Waals surface area contributed by atoms with Crippen molar-refractivity contribution in [1.29, 1.82) is 0 Å². The number of carbonyl (C=O) groups is 1. The van der Waals surface area contributed by atoms with Gasteiger partial charge in [-0.3, -0.25) is 4.79 Å². The molecule has 2 atom stereocenters. The molecule has 0 bridgehead atoms. The zero-order valence-corrected chi connectivity index (χ0v) is 6.53. The van der Waals surface area contributed by atoms with Crippen LogP contribution < -0.4 is 0 Å². The minimum absolute atomic E-state index is 0.0144. The second-order valence-electron chi connectivity index (χ2n) is 3.28. The number of ether oxygens (including phenoxy) is 2. The van der Waals surface area contributed by atoms with Crippen molar-refractivity contribution in [2.45, 2.75) is 31.8 Å². The van der Waals surface area contributed by atoms with Crippen molar-refractivity contribution in [3.63, 3.8) is 0 Å². The van der Waals surface area contributed by atoms with Gasteiger partial charge >= 0.3 is 0 Å². The first-order chi connectivity index (χ1) is 5.08. The molecule has 0 aromatic rings. The van der Waals surface area contributed by atoms with Crippen LogP contribution in [-0.2, 0) is 14.3 Å². The standard InChI is InChI=1S/C8H10O3/c1-8(2)10-6-4-3-5(9)7(6)11-8/h3-4,6-7H,1-2H3/t6-,7+/m0/s1. The lowest BCUT2D eigenvalue weighted by molar-refractivity contribution is -0.152. The van der Waals surface area contributed by atoms with Crippen molar-refractivity contribution < 1.29 is 14.3 Å². The molecule has 1 saturated heterocycles. The van der Waals surface area contributed by atoms with Crippen LogP contribution >= 0.6 is 0 Å². The number of hydrogen-bond acceptors (Lipinski definition) is 3. The van der Waals surface area contributed by atoms with Crippen LogP contribution in [0.5, 0.6) is 0 Å². The molecule has 2 rings (SSSR count). The molecule has 1 aliphatic carbocycles. The predicted octanol–water partition coefficient (Wildman–Crippen LogP) is 0.645. The summed E-state index contributed by atoms with van der Waals surface area (Å²) in [5.41, 5.74) is 0. The number of hydrogen-bond donors (Lipinski definition) is 0. The van der Waals surface area contributed by atoms with Gasteiger partial charge in [0, 0.05) is 0 Å². The van der Waals surface area contributed by atoms with E-state index in [0.717, 1.165) is 0 Å². The minimum atomic E-state index is -0.601. The highest BCUT2D eigenvalue weighted by Crippen LogP contribution is 2.32. The van der Waals surface area contributed by atoms with Crippen LogP contribution in [0.15, 0.2) is 12.2 Å². The van der Waals surface area contributed by atoms with Crippen LogP contribution in [-0.4, -0.2) is 23.8 Å². The van der Waals surface area contributed by atoms with Crippen molar-refractivity contribution in [2.24, 2.45) is 0 Å². The summed E-state index contributed by atoms with van der Waals surface area (Å²) in [7, 11) is 0. The van der Waals surface area contributed by atoms with Gasteiger partial charge in [0.15, 0.2) is 17.7 Å². The average molecular weight is 154 g/mol. The van der Waals surface area contributed by atoms with E-state index in [-0.39, 0.29) is 18.0 Å². The van der Waals surface area contributed by atoms with E-state index < -0.39 is 5.79 Å². The molecule has 11 heavy (non-hydrogen) atoms. The fourth-order valence-corrected chi connectivity index (χ4v) is 1.43. The third kappa shape index (κ3) is 1.01. The van der Waals surface area contributed by atoms with Crippen LogP contribution in [0.1, 0.15) is 13.8 Å². The highest BCUT2D eigenvalue weighted by molar-refractivity contribution is 5.97. The smallest absolute Gasteiger partial charge is 0.187 e. The SMILES string of the molecule is CC1(C)O[C@H]2C=CC(=O)[C@H]2O1. The first-order valence-corrected chi connectivity index (χ1v) is 3.66. The van der Waals surface area contributed by atoms with E-state index in [0.29, 0.717) is 0 Å². The second kappa shape index (κ2) is 1.93. The van der Waals surface area contributed by atoms with Crippen molar-refractivity contribution in [3.05, 3.63) is 12.2 Å². The average Bonchev–Trinajstić information content (AvgIpc) is 2.31. The van der Waals surface area contributed by atoms with E-state index in [9.17, 15) is 4.79 Å². The monoisotopic (exact) mass is 154 g/mol. The van der Waals surface area contributed by atoms with Gasteiger partial charge in [0.05, 0.1) is 0 Å². The Bertz CT molecular complexity index is 229. The number of fused-ring (bicyclic) bond motifs is 1. The molecule has 0 N–H and O–H groups in total. The number of ketones is 1. The summed E-state index contributed by atoms with van der Waals surface area (Å²) in [6, 6.07) is 0. The van der Waals surface area contributed by atoms with Crippen molar-refractivity contribution in [2.75, 3.05) is 0 Å². The Morgan fingerprint density at radius 3 is 2.82 bits per heavy atom. The van der Waals surface area contributed by atoms with Crippen LogP contribution in [0.25, 0.3) is 0 Å². The van der Waals surface area contributed by atoms with Gasteiger partial charge in [-0.1, -0.05) is 0 Å². The summed E-state index contributed by atoms with van der Waals surface area (Å²) < 4.78 is 10.8. The molecule has 0 aromatic heterocycles. The topological polar surface area (TPSA) is 35.5 Å². The van der Waals surface area contributed by atoms with Gasteiger partial charge in [-0.2, -0.15) is 0 Å². The molecule has 0 aromatic carbocycles. The Hall–Kier alpha value is -0.670. The van der Waals surface area contributed by atoms with Gasteiger partial charge in [0.1, 0.15) is 6.10 Å². The van der Waals surface area contributed by atoms with Gasteiger partial charge in [0.2, 0.25) is 0 Å². The Balaban J connectivity index is 2.22. The van der Waals surface area contributed by atoms with Crippen molar-refractivity contribution >= 4 is 5.78 Å².